The van der Waals surface area contributed by atoms with Crippen LogP contribution in [0.3, 0.4) is 0 Å². The number of rotatable bonds is 6. The van der Waals surface area contributed by atoms with E-state index in [1.807, 2.05) is 50.2 Å². The van der Waals surface area contributed by atoms with Gasteiger partial charge >= 0.3 is 5.97 Å². The van der Waals surface area contributed by atoms with Crippen molar-refractivity contribution in [2.24, 2.45) is 0 Å². The summed E-state index contributed by atoms with van der Waals surface area (Å²) in [6.07, 6.45) is 4.09. The van der Waals surface area contributed by atoms with Gasteiger partial charge in [0.1, 0.15) is 5.58 Å². The molecule has 4 rings (SSSR count). The number of anilines is 2. The van der Waals surface area contributed by atoms with Crippen molar-refractivity contribution >= 4 is 34.2 Å². The summed E-state index contributed by atoms with van der Waals surface area (Å²) in [6, 6.07) is 11.7. The second-order valence-electron chi connectivity index (χ2n) is 7.77. The van der Waals surface area contributed by atoms with Crippen LogP contribution < -0.4 is 10.2 Å². The Labute approximate surface area is 175 Å². The van der Waals surface area contributed by atoms with Crippen molar-refractivity contribution in [2.45, 2.75) is 33.1 Å². The van der Waals surface area contributed by atoms with Crippen LogP contribution in [-0.4, -0.2) is 31.6 Å². The van der Waals surface area contributed by atoms with Gasteiger partial charge in [-0.2, -0.15) is 0 Å². The molecule has 1 aliphatic rings. The maximum absolute atomic E-state index is 12.2. The molecule has 1 saturated heterocycles. The summed E-state index contributed by atoms with van der Waals surface area (Å²) in [5, 5.41) is 3.66. The van der Waals surface area contributed by atoms with Crippen molar-refractivity contribution in [2.75, 3.05) is 29.9 Å². The van der Waals surface area contributed by atoms with Crippen LogP contribution in [0.2, 0.25) is 0 Å². The van der Waals surface area contributed by atoms with Crippen LogP contribution in [0.1, 0.15) is 29.5 Å². The average molecular weight is 406 g/mol. The van der Waals surface area contributed by atoms with Crippen LogP contribution in [0.4, 0.5) is 11.4 Å². The number of nitrogens with one attached hydrogen (secondary N) is 1. The lowest BCUT2D eigenvalue weighted by molar-refractivity contribution is -0.146. The fourth-order valence-corrected chi connectivity index (χ4v) is 3.81. The molecule has 6 nitrogen and oxygen atoms in total. The van der Waals surface area contributed by atoms with Gasteiger partial charge in [0.05, 0.1) is 12.7 Å². The highest BCUT2D eigenvalue weighted by molar-refractivity contribution is 5.93. The van der Waals surface area contributed by atoms with Crippen molar-refractivity contribution < 1.29 is 18.7 Å². The van der Waals surface area contributed by atoms with Crippen LogP contribution in [0.25, 0.3) is 11.0 Å². The number of nitrogens with zero attached hydrogens (tertiary/aromatic N) is 1. The SMILES string of the molecule is Cc1ccc2c(CC(=O)OCC(=O)Nc3ccc(N4CCCC4)cc3)coc2c1C. The Balaban J connectivity index is 1.28. The monoisotopic (exact) mass is 406 g/mol. The van der Waals surface area contributed by atoms with E-state index >= 15 is 0 Å². The zero-order valence-corrected chi connectivity index (χ0v) is 17.4. The Kier molecular flexibility index (Phi) is 5.74. The Morgan fingerprint density at radius 2 is 1.80 bits per heavy atom. The molecule has 0 unspecified atom stereocenters. The minimum atomic E-state index is -0.463. The van der Waals surface area contributed by atoms with Gasteiger partial charge < -0.3 is 19.4 Å². The van der Waals surface area contributed by atoms with E-state index in [9.17, 15) is 9.59 Å². The number of hydrogen-bond donors (Lipinski definition) is 1. The van der Waals surface area contributed by atoms with Gasteiger partial charge in [-0.1, -0.05) is 12.1 Å². The van der Waals surface area contributed by atoms with E-state index in [-0.39, 0.29) is 18.9 Å². The lowest BCUT2D eigenvalue weighted by Crippen LogP contribution is -2.22. The Hall–Kier alpha value is -3.28. The van der Waals surface area contributed by atoms with Crippen molar-refractivity contribution in [1.82, 2.24) is 0 Å². The van der Waals surface area contributed by atoms with Crippen LogP contribution in [0.15, 0.2) is 47.1 Å². The van der Waals surface area contributed by atoms with Crippen molar-refractivity contribution in [3.63, 3.8) is 0 Å². The third-order valence-corrected chi connectivity index (χ3v) is 5.66. The number of carbonyl (C=O) groups excluding carboxylic acids is 2. The van der Waals surface area contributed by atoms with Gasteiger partial charge in [0.25, 0.3) is 5.91 Å². The molecule has 2 heterocycles. The van der Waals surface area contributed by atoms with Crippen LogP contribution >= 0.6 is 0 Å². The standard InChI is InChI=1S/C24H26N2O4/c1-16-5-10-21-18(14-30-24(21)17(16)2)13-23(28)29-15-22(27)25-19-6-8-20(9-7-19)26-11-3-4-12-26/h5-10,14H,3-4,11-13,15H2,1-2H3,(H,25,27). The van der Waals surface area contributed by atoms with Gasteiger partial charge in [-0.05, 0) is 62.1 Å². The molecule has 1 aromatic heterocycles. The van der Waals surface area contributed by atoms with Crippen LogP contribution in [0.5, 0.6) is 0 Å². The van der Waals surface area contributed by atoms with E-state index in [0.717, 1.165) is 46.4 Å². The summed E-state index contributed by atoms with van der Waals surface area (Å²) in [7, 11) is 0. The van der Waals surface area contributed by atoms with Gasteiger partial charge in [-0.15, -0.1) is 0 Å². The maximum atomic E-state index is 12.2. The number of hydrogen-bond acceptors (Lipinski definition) is 5. The maximum Gasteiger partial charge on any atom is 0.310 e. The molecule has 1 aliphatic heterocycles. The quantitative estimate of drug-likeness (QED) is 0.616. The fourth-order valence-electron chi connectivity index (χ4n) is 3.81. The van der Waals surface area contributed by atoms with Gasteiger partial charge in [-0.25, -0.2) is 0 Å². The highest BCUT2D eigenvalue weighted by Crippen LogP contribution is 2.27. The molecular formula is C24H26N2O4. The van der Waals surface area contributed by atoms with Gasteiger partial charge in [0.2, 0.25) is 0 Å². The first kappa shape index (κ1) is 20.0. The molecule has 0 spiro atoms. The number of benzene rings is 2. The predicted molar refractivity (Wildman–Crippen MR) is 117 cm³/mol. The van der Waals surface area contributed by atoms with E-state index in [0.29, 0.717) is 5.69 Å². The van der Waals surface area contributed by atoms with Gasteiger partial charge in [-0.3, -0.25) is 9.59 Å². The summed E-state index contributed by atoms with van der Waals surface area (Å²) in [5.74, 6) is -0.823. The molecule has 2 aromatic carbocycles. The smallest absolute Gasteiger partial charge is 0.310 e. The molecule has 30 heavy (non-hydrogen) atoms. The van der Waals surface area contributed by atoms with Crippen LogP contribution in [0, 0.1) is 13.8 Å². The zero-order valence-electron chi connectivity index (χ0n) is 17.4. The molecule has 0 saturated carbocycles. The highest BCUT2D eigenvalue weighted by atomic mass is 16.5. The minimum absolute atomic E-state index is 0.0628. The molecule has 1 fully saturated rings. The first-order valence-electron chi connectivity index (χ1n) is 10.3. The van der Waals surface area contributed by atoms with E-state index in [2.05, 4.69) is 10.2 Å². The first-order valence-corrected chi connectivity index (χ1v) is 10.3. The summed E-state index contributed by atoms with van der Waals surface area (Å²) in [5.41, 5.74) is 5.59. The highest BCUT2D eigenvalue weighted by Gasteiger charge is 2.15. The topological polar surface area (TPSA) is 71.8 Å². The largest absolute Gasteiger partial charge is 0.464 e. The fraction of sp³-hybridized carbons (Fsp3) is 0.333. The van der Waals surface area contributed by atoms with Crippen molar-refractivity contribution in [3.05, 3.63) is 59.4 Å². The Bertz CT molecular complexity index is 1060. The van der Waals surface area contributed by atoms with E-state index < -0.39 is 5.97 Å². The minimum Gasteiger partial charge on any atom is -0.464 e. The molecule has 1 amide bonds. The zero-order chi connectivity index (χ0) is 21.1. The number of furan rings is 1. The van der Waals surface area contributed by atoms with E-state index in [1.54, 1.807) is 6.26 Å². The lowest BCUT2D eigenvalue weighted by Gasteiger charge is -2.17. The lowest BCUT2D eigenvalue weighted by atomic mass is 10.0. The van der Waals surface area contributed by atoms with Gasteiger partial charge in [0.15, 0.2) is 6.61 Å². The molecule has 3 aromatic rings. The Morgan fingerprint density at radius 1 is 1.07 bits per heavy atom. The molecule has 0 radical (unpaired) electrons. The Morgan fingerprint density at radius 3 is 2.53 bits per heavy atom. The second kappa shape index (κ2) is 8.61. The first-order chi connectivity index (χ1) is 14.5. The van der Waals surface area contributed by atoms with E-state index in [4.69, 9.17) is 9.15 Å². The molecule has 1 N–H and O–H groups in total. The normalized spacial score (nSPS) is 13.6. The number of esters is 1. The van der Waals surface area contributed by atoms with Crippen LogP contribution in [-0.2, 0) is 20.7 Å². The third kappa shape index (κ3) is 4.32. The molecule has 0 aliphatic carbocycles. The van der Waals surface area contributed by atoms with Crippen molar-refractivity contribution in [3.8, 4) is 0 Å². The number of aryl methyl sites for hydroxylation is 2. The number of fused-ring (bicyclic) bond motifs is 1. The van der Waals surface area contributed by atoms with Gasteiger partial charge in [0, 0.05) is 35.4 Å². The third-order valence-electron chi connectivity index (χ3n) is 5.66. The number of ether oxygens (including phenoxy) is 1. The second-order valence-corrected chi connectivity index (χ2v) is 7.77. The average Bonchev–Trinajstić information content (AvgIpc) is 3.41. The summed E-state index contributed by atoms with van der Waals surface area (Å²) < 4.78 is 10.8. The molecule has 0 atom stereocenters. The van der Waals surface area contributed by atoms with E-state index in [1.165, 1.54) is 12.8 Å². The number of carbonyl (C=O) groups is 2. The van der Waals surface area contributed by atoms with Crippen molar-refractivity contribution in [1.29, 1.82) is 0 Å². The number of amides is 1. The summed E-state index contributed by atoms with van der Waals surface area (Å²) in [4.78, 5) is 26.7. The summed E-state index contributed by atoms with van der Waals surface area (Å²) >= 11 is 0. The molecule has 6 heteroatoms. The molecular weight excluding hydrogens is 380 g/mol. The molecule has 156 valence electrons. The summed E-state index contributed by atoms with van der Waals surface area (Å²) in [6.45, 7) is 5.84. The predicted octanol–water partition coefficient (Wildman–Crippen LogP) is 4.37. The molecule has 0 bridgehead atoms.